The molecule has 162 valence electrons. The molecule has 2 aromatic carbocycles. The largest absolute Gasteiger partial charge is 0.496 e. The third kappa shape index (κ3) is 4.05. The molecule has 0 spiro atoms. The summed E-state index contributed by atoms with van der Waals surface area (Å²) >= 11 is 0. The van der Waals surface area contributed by atoms with Crippen LogP contribution in [0.3, 0.4) is 0 Å². The summed E-state index contributed by atoms with van der Waals surface area (Å²) in [6.45, 7) is 0.0852. The number of hydrogen-bond acceptors (Lipinski definition) is 6. The number of amides is 2. The molecule has 0 unspecified atom stereocenters. The number of nitrogens with one attached hydrogen (secondary N) is 1. The maximum absolute atomic E-state index is 13.5. The lowest BCUT2D eigenvalue weighted by molar-refractivity contribution is -0.137. The molecule has 1 aliphatic rings. The zero-order valence-electron chi connectivity index (χ0n) is 18.2. The minimum absolute atomic E-state index is 0.0852. The Bertz CT molecular complexity index is 1170. The van der Waals surface area contributed by atoms with Crippen LogP contribution in [-0.2, 0) is 16.1 Å². The van der Waals surface area contributed by atoms with Gasteiger partial charge in [-0.2, -0.15) is 0 Å². The molecule has 0 saturated heterocycles. The molecule has 2 amide bonds. The van der Waals surface area contributed by atoms with Crippen molar-refractivity contribution in [2.45, 2.75) is 6.54 Å². The standard InChI is InChI=1S/C25H24N4O3/c1-28(2)19-13-11-17(12-14-19)27-23-22(20-9-4-5-10-21(20)32-3)24(30)29(25(23)31)16-18-8-6-7-15-26-18/h4-15,27H,16H2,1-3H3. The number of methoxy groups -OCH3 is 1. The zero-order chi connectivity index (χ0) is 22.7. The molecule has 3 aromatic rings. The summed E-state index contributed by atoms with van der Waals surface area (Å²) in [6.07, 6.45) is 1.64. The molecular formula is C25H24N4O3. The fourth-order valence-electron chi connectivity index (χ4n) is 3.58. The topological polar surface area (TPSA) is 74.8 Å². The van der Waals surface area contributed by atoms with Crippen molar-refractivity contribution in [1.82, 2.24) is 9.88 Å². The van der Waals surface area contributed by atoms with E-state index in [-0.39, 0.29) is 17.8 Å². The van der Waals surface area contributed by atoms with E-state index in [2.05, 4.69) is 10.3 Å². The molecule has 1 aromatic heterocycles. The van der Waals surface area contributed by atoms with E-state index in [1.165, 1.54) is 4.90 Å². The average molecular weight is 428 g/mol. The Kier molecular flexibility index (Phi) is 5.89. The molecule has 1 aliphatic heterocycles. The summed E-state index contributed by atoms with van der Waals surface area (Å²) in [5, 5.41) is 3.18. The highest BCUT2D eigenvalue weighted by Gasteiger charge is 2.40. The van der Waals surface area contributed by atoms with Crippen LogP contribution in [0.4, 0.5) is 11.4 Å². The number of benzene rings is 2. The third-order valence-electron chi connectivity index (χ3n) is 5.24. The Hall–Kier alpha value is -4.13. The van der Waals surface area contributed by atoms with Crippen LogP contribution in [0.5, 0.6) is 5.75 Å². The van der Waals surface area contributed by atoms with Gasteiger partial charge in [0.1, 0.15) is 11.4 Å². The summed E-state index contributed by atoms with van der Waals surface area (Å²) in [7, 11) is 5.46. The highest BCUT2D eigenvalue weighted by Crippen LogP contribution is 2.35. The Labute approximate surface area is 186 Å². The molecule has 0 saturated carbocycles. The maximum Gasteiger partial charge on any atom is 0.278 e. The van der Waals surface area contributed by atoms with Gasteiger partial charge < -0.3 is 15.0 Å². The van der Waals surface area contributed by atoms with Crippen LogP contribution in [0.1, 0.15) is 11.3 Å². The van der Waals surface area contributed by atoms with E-state index in [0.29, 0.717) is 22.7 Å². The zero-order valence-corrected chi connectivity index (χ0v) is 18.2. The molecular weight excluding hydrogens is 404 g/mol. The first kappa shape index (κ1) is 21.1. The number of pyridine rings is 1. The number of rotatable bonds is 7. The van der Waals surface area contributed by atoms with Gasteiger partial charge in [-0.1, -0.05) is 24.3 Å². The van der Waals surface area contributed by atoms with Crippen molar-refractivity contribution in [3.8, 4) is 5.75 Å². The van der Waals surface area contributed by atoms with Crippen LogP contribution in [0.2, 0.25) is 0 Å². The highest BCUT2D eigenvalue weighted by molar-refractivity contribution is 6.36. The fraction of sp³-hybridized carbons (Fsp3) is 0.160. The molecule has 0 aliphatic carbocycles. The van der Waals surface area contributed by atoms with Crippen LogP contribution in [0, 0.1) is 0 Å². The van der Waals surface area contributed by atoms with Gasteiger partial charge in [0.2, 0.25) is 0 Å². The van der Waals surface area contributed by atoms with E-state index in [4.69, 9.17) is 4.74 Å². The van der Waals surface area contributed by atoms with Crippen molar-refractivity contribution in [1.29, 1.82) is 0 Å². The van der Waals surface area contributed by atoms with Crippen molar-refractivity contribution in [2.24, 2.45) is 0 Å². The van der Waals surface area contributed by atoms with Crippen LogP contribution in [-0.4, -0.2) is 42.9 Å². The molecule has 0 bridgehead atoms. The molecule has 4 rings (SSSR count). The van der Waals surface area contributed by atoms with E-state index in [1.807, 2.05) is 61.5 Å². The van der Waals surface area contributed by atoms with E-state index in [1.54, 1.807) is 37.6 Å². The molecule has 7 nitrogen and oxygen atoms in total. The first-order valence-electron chi connectivity index (χ1n) is 10.2. The van der Waals surface area contributed by atoms with Crippen LogP contribution in [0.25, 0.3) is 5.57 Å². The van der Waals surface area contributed by atoms with Crippen LogP contribution < -0.4 is 15.0 Å². The minimum Gasteiger partial charge on any atom is -0.496 e. The van der Waals surface area contributed by atoms with Gasteiger partial charge in [0.05, 0.1) is 24.9 Å². The van der Waals surface area contributed by atoms with E-state index in [9.17, 15) is 9.59 Å². The van der Waals surface area contributed by atoms with Gasteiger partial charge in [-0.3, -0.25) is 19.5 Å². The molecule has 7 heteroatoms. The molecule has 32 heavy (non-hydrogen) atoms. The molecule has 2 heterocycles. The fourth-order valence-corrected chi connectivity index (χ4v) is 3.58. The lowest BCUT2D eigenvalue weighted by Crippen LogP contribution is -2.32. The van der Waals surface area contributed by atoms with Gasteiger partial charge in [-0.05, 0) is 42.5 Å². The number of carbonyl (C=O) groups excluding carboxylic acids is 2. The summed E-state index contributed by atoms with van der Waals surface area (Å²) in [4.78, 5) is 34.3. The Morgan fingerprint density at radius 3 is 2.31 bits per heavy atom. The minimum atomic E-state index is -0.404. The molecule has 0 fully saturated rings. The Balaban J connectivity index is 1.75. The second-order valence-electron chi connectivity index (χ2n) is 7.53. The Morgan fingerprint density at radius 1 is 0.938 bits per heavy atom. The first-order valence-corrected chi connectivity index (χ1v) is 10.2. The van der Waals surface area contributed by atoms with Gasteiger partial charge in [0, 0.05) is 37.2 Å². The van der Waals surface area contributed by atoms with Crippen LogP contribution in [0.15, 0.2) is 78.6 Å². The summed E-state index contributed by atoms with van der Waals surface area (Å²) < 4.78 is 5.47. The average Bonchev–Trinajstić information content (AvgIpc) is 3.04. The first-order chi connectivity index (χ1) is 15.5. The van der Waals surface area contributed by atoms with Crippen molar-refractivity contribution in [3.05, 3.63) is 89.9 Å². The van der Waals surface area contributed by atoms with Gasteiger partial charge in [-0.25, -0.2) is 0 Å². The number of anilines is 2. The molecule has 0 radical (unpaired) electrons. The predicted octanol–water partition coefficient (Wildman–Crippen LogP) is 3.55. The van der Waals surface area contributed by atoms with Gasteiger partial charge in [-0.15, -0.1) is 0 Å². The molecule has 1 N–H and O–H groups in total. The smallest absolute Gasteiger partial charge is 0.278 e. The van der Waals surface area contributed by atoms with Crippen molar-refractivity contribution < 1.29 is 14.3 Å². The predicted molar refractivity (Wildman–Crippen MR) is 124 cm³/mol. The molecule has 0 atom stereocenters. The summed E-state index contributed by atoms with van der Waals surface area (Å²) in [5.74, 6) is -0.276. The van der Waals surface area contributed by atoms with Gasteiger partial charge >= 0.3 is 0 Å². The number of nitrogens with zero attached hydrogens (tertiary/aromatic N) is 3. The van der Waals surface area contributed by atoms with E-state index in [0.717, 1.165) is 5.69 Å². The SMILES string of the molecule is COc1ccccc1C1=C(Nc2ccc(N(C)C)cc2)C(=O)N(Cc2ccccn2)C1=O. The second kappa shape index (κ2) is 8.93. The van der Waals surface area contributed by atoms with Gasteiger partial charge in [0.25, 0.3) is 11.8 Å². The normalized spacial score (nSPS) is 13.5. The summed E-state index contributed by atoms with van der Waals surface area (Å²) in [5.41, 5.74) is 3.42. The van der Waals surface area contributed by atoms with Gasteiger partial charge in [0.15, 0.2) is 0 Å². The second-order valence-corrected chi connectivity index (χ2v) is 7.53. The quantitative estimate of drug-likeness (QED) is 0.580. The number of imide groups is 1. The van der Waals surface area contributed by atoms with Crippen molar-refractivity contribution >= 4 is 28.8 Å². The van der Waals surface area contributed by atoms with Crippen molar-refractivity contribution in [2.75, 3.05) is 31.4 Å². The maximum atomic E-state index is 13.5. The number of hydrogen-bond donors (Lipinski definition) is 1. The summed E-state index contributed by atoms with van der Waals surface area (Å²) in [6, 6.07) is 20.2. The van der Waals surface area contributed by atoms with Crippen LogP contribution >= 0.6 is 0 Å². The lowest BCUT2D eigenvalue weighted by atomic mass is 10.0. The van der Waals surface area contributed by atoms with E-state index >= 15 is 0 Å². The highest BCUT2D eigenvalue weighted by atomic mass is 16.5. The number of para-hydroxylation sites is 1. The lowest BCUT2D eigenvalue weighted by Gasteiger charge is -2.15. The Morgan fingerprint density at radius 2 is 1.66 bits per heavy atom. The van der Waals surface area contributed by atoms with E-state index < -0.39 is 11.8 Å². The number of carbonyl (C=O) groups is 2. The third-order valence-corrected chi connectivity index (χ3v) is 5.24. The number of aromatic nitrogens is 1. The monoisotopic (exact) mass is 428 g/mol. The number of ether oxygens (including phenoxy) is 1. The van der Waals surface area contributed by atoms with Crippen molar-refractivity contribution in [3.63, 3.8) is 0 Å².